The van der Waals surface area contributed by atoms with Gasteiger partial charge in [0.25, 0.3) is 0 Å². The molecule has 2 bridgehead atoms. The molecule has 4 aromatic rings. The van der Waals surface area contributed by atoms with Gasteiger partial charge in [0, 0.05) is 42.5 Å². The number of rotatable bonds is 4. The van der Waals surface area contributed by atoms with Crippen LogP contribution in [0.2, 0.25) is 0 Å². The standard InChI is InChI=1S/C34H31F3N6O2/c1-2-21-23(36)9-7-18-5-3-6-22(26(18)21)29-28(37)30-27-31(43-15-20-8-10-24(38-20)25(43)16-44-32(27)39-29)41-33(40-30)45-17-34-11-4-12-42(34)14-19(35)13-34/h1,3,5-7,9,19-20,24-25,38H,4,8,10-17H2/t19-,20-,24+,25-,34+/m1/s1. The molecule has 0 spiro atoms. The first-order valence-electron chi connectivity index (χ1n) is 15.7. The summed E-state index contributed by atoms with van der Waals surface area (Å²) in [6, 6.07) is 8.59. The highest BCUT2D eigenvalue weighted by atomic mass is 19.1. The van der Waals surface area contributed by atoms with Crippen LogP contribution in [0, 0.1) is 24.0 Å². The minimum Gasteiger partial charge on any atom is -0.475 e. The van der Waals surface area contributed by atoms with E-state index in [4.69, 9.17) is 25.9 Å². The molecular formula is C34H31F3N6O2. The topological polar surface area (TPSA) is 75.6 Å². The summed E-state index contributed by atoms with van der Waals surface area (Å²) < 4.78 is 59.0. The zero-order valence-corrected chi connectivity index (χ0v) is 24.5. The number of halogens is 3. The summed E-state index contributed by atoms with van der Waals surface area (Å²) in [5.41, 5.74) is -0.0854. The van der Waals surface area contributed by atoms with Crippen LogP contribution in [0.4, 0.5) is 19.0 Å². The molecule has 0 aliphatic carbocycles. The third-order valence-corrected chi connectivity index (χ3v) is 10.6. The molecule has 2 aromatic heterocycles. The van der Waals surface area contributed by atoms with E-state index < -0.39 is 23.3 Å². The average molecular weight is 613 g/mol. The number of ether oxygens (including phenoxy) is 2. The van der Waals surface area contributed by atoms with E-state index in [1.165, 1.54) is 6.07 Å². The molecule has 0 amide bonds. The van der Waals surface area contributed by atoms with Crippen LogP contribution < -0.4 is 19.7 Å². The van der Waals surface area contributed by atoms with E-state index in [2.05, 4.69) is 26.0 Å². The average Bonchev–Trinajstić information content (AvgIpc) is 3.68. The Morgan fingerprint density at radius 1 is 1.11 bits per heavy atom. The van der Waals surface area contributed by atoms with E-state index in [9.17, 15) is 8.78 Å². The van der Waals surface area contributed by atoms with Gasteiger partial charge < -0.3 is 19.7 Å². The second-order valence-electron chi connectivity index (χ2n) is 13.0. The largest absolute Gasteiger partial charge is 0.475 e. The lowest BCUT2D eigenvalue weighted by Gasteiger charge is -2.40. The van der Waals surface area contributed by atoms with Gasteiger partial charge in [-0.05, 0) is 43.7 Å². The van der Waals surface area contributed by atoms with Gasteiger partial charge in [-0.15, -0.1) is 6.42 Å². The van der Waals surface area contributed by atoms with Crippen molar-refractivity contribution in [2.75, 3.05) is 37.7 Å². The van der Waals surface area contributed by atoms with E-state index in [0.29, 0.717) is 53.7 Å². The van der Waals surface area contributed by atoms with Crippen molar-refractivity contribution in [3.8, 4) is 35.5 Å². The van der Waals surface area contributed by atoms with Crippen molar-refractivity contribution in [3.05, 3.63) is 47.5 Å². The lowest BCUT2D eigenvalue weighted by Crippen LogP contribution is -2.60. The molecule has 4 fully saturated rings. The maximum Gasteiger partial charge on any atom is 0.319 e. The molecule has 0 saturated carbocycles. The van der Waals surface area contributed by atoms with Gasteiger partial charge in [-0.2, -0.15) is 9.97 Å². The summed E-state index contributed by atoms with van der Waals surface area (Å²) in [5, 5.41) is 5.10. The molecule has 230 valence electrons. The van der Waals surface area contributed by atoms with Crippen molar-refractivity contribution < 1.29 is 22.6 Å². The Balaban J connectivity index is 1.24. The number of anilines is 1. The van der Waals surface area contributed by atoms with Gasteiger partial charge in [0.15, 0.2) is 5.82 Å². The summed E-state index contributed by atoms with van der Waals surface area (Å²) in [5.74, 6) is 1.89. The van der Waals surface area contributed by atoms with E-state index in [1.54, 1.807) is 24.3 Å². The molecule has 0 radical (unpaired) electrons. The third-order valence-electron chi connectivity index (χ3n) is 10.6. The monoisotopic (exact) mass is 612 g/mol. The number of nitrogens with one attached hydrogen (secondary N) is 1. The molecule has 7 heterocycles. The van der Waals surface area contributed by atoms with E-state index in [0.717, 1.165) is 32.2 Å². The van der Waals surface area contributed by atoms with Gasteiger partial charge in [-0.1, -0.05) is 30.2 Å². The van der Waals surface area contributed by atoms with Crippen molar-refractivity contribution in [3.63, 3.8) is 0 Å². The highest BCUT2D eigenvalue weighted by molar-refractivity contribution is 6.03. The van der Waals surface area contributed by atoms with Crippen molar-refractivity contribution >= 4 is 27.5 Å². The van der Waals surface area contributed by atoms with Gasteiger partial charge in [0.1, 0.15) is 47.6 Å². The van der Waals surface area contributed by atoms with Crippen LogP contribution in [0.25, 0.3) is 32.9 Å². The molecule has 11 heteroatoms. The first-order valence-corrected chi connectivity index (χ1v) is 15.7. The predicted molar refractivity (Wildman–Crippen MR) is 163 cm³/mol. The Labute approximate surface area is 257 Å². The van der Waals surface area contributed by atoms with Crippen molar-refractivity contribution in [1.29, 1.82) is 0 Å². The predicted octanol–water partition coefficient (Wildman–Crippen LogP) is 4.76. The third kappa shape index (κ3) is 4.04. The Kier molecular flexibility index (Phi) is 6.00. The number of hydrogen-bond acceptors (Lipinski definition) is 8. The SMILES string of the molecule is C#Cc1c(F)ccc2cccc(-c3nc4c5c(nc(OC[C@@]67CCCN6C[C@H](F)C7)nc5c3F)N3C[C@H]5CC[C@H](N5)[C@H]3CO4)c12. The van der Waals surface area contributed by atoms with Crippen molar-refractivity contribution in [2.24, 2.45) is 0 Å². The lowest BCUT2D eigenvalue weighted by atomic mass is 9.95. The highest BCUT2D eigenvalue weighted by Crippen LogP contribution is 2.45. The van der Waals surface area contributed by atoms with Gasteiger partial charge in [0.05, 0.1) is 17.1 Å². The van der Waals surface area contributed by atoms with Gasteiger partial charge in [0.2, 0.25) is 5.88 Å². The highest BCUT2D eigenvalue weighted by Gasteiger charge is 2.50. The number of alkyl halides is 1. The maximum atomic E-state index is 16.9. The number of hydrogen-bond donors (Lipinski definition) is 1. The Bertz CT molecular complexity index is 1930. The van der Waals surface area contributed by atoms with Crippen LogP contribution >= 0.6 is 0 Å². The number of nitrogens with zero attached hydrogens (tertiary/aromatic N) is 5. The Morgan fingerprint density at radius 3 is 2.91 bits per heavy atom. The van der Waals surface area contributed by atoms with Crippen molar-refractivity contribution in [1.82, 2.24) is 25.2 Å². The second-order valence-corrected chi connectivity index (χ2v) is 13.0. The summed E-state index contributed by atoms with van der Waals surface area (Å²) in [7, 11) is 0. The van der Waals surface area contributed by atoms with Crippen LogP contribution in [0.15, 0.2) is 30.3 Å². The smallest absolute Gasteiger partial charge is 0.319 e. The summed E-state index contributed by atoms with van der Waals surface area (Å²) >= 11 is 0. The first kappa shape index (κ1) is 27.2. The Morgan fingerprint density at radius 2 is 2.02 bits per heavy atom. The summed E-state index contributed by atoms with van der Waals surface area (Å²) in [6.07, 6.45) is 9.06. The molecule has 9 rings (SSSR count). The van der Waals surface area contributed by atoms with Gasteiger partial charge in [-0.25, -0.2) is 18.2 Å². The molecule has 8 nitrogen and oxygen atoms in total. The van der Waals surface area contributed by atoms with Crippen LogP contribution in [0.3, 0.4) is 0 Å². The molecule has 0 unspecified atom stereocenters. The minimum atomic E-state index is -0.905. The minimum absolute atomic E-state index is 0.00719. The number of fused-ring (bicyclic) bond motifs is 7. The fourth-order valence-electron chi connectivity index (χ4n) is 8.50. The number of terminal acetylenes is 1. The van der Waals surface area contributed by atoms with Crippen LogP contribution in [-0.2, 0) is 0 Å². The summed E-state index contributed by atoms with van der Waals surface area (Å²) in [6.45, 7) is 2.43. The molecule has 2 aromatic carbocycles. The van der Waals surface area contributed by atoms with E-state index in [-0.39, 0.29) is 53.4 Å². The first-order chi connectivity index (χ1) is 21.9. The molecule has 5 aliphatic heterocycles. The van der Waals surface area contributed by atoms with Gasteiger partial charge >= 0.3 is 6.01 Å². The molecule has 5 aliphatic rings. The molecular weight excluding hydrogens is 581 g/mol. The quantitative estimate of drug-likeness (QED) is 0.331. The zero-order chi connectivity index (χ0) is 30.4. The number of pyridine rings is 1. The zero-order valence-electron chi connectivity index (χ0n) is 24.5. The van der Waals surface area contributed by atoms with Crippen LogP contribution in [-0.4, -0.2) is 82.5 Å². The normalized spacial score (nSPS) is 28.5. The fourth-order valence-corrected chi connectivity index (χ4v) is 8.50. The summed E-state index contributed by atoms with van der Waals surface area (Å²) in [4.78, 5) is 18.6. The maximum absolute atomic E-state index is 16.9. The van der Waals surface area contributed by atoms with Crippen LogP contribution in [0.5, 0.6) is 11.9 Å². The molecule has 45 heavy (non-hydrogen) atoms. The van der Waals surface area contributed by atoms with Crippen LogP contribution in [0.1, 0.15) is 37.7 Å². The van der Waals surface area contributed by atoms with Gasteiger partial charge in [-0.3, -0.25) is 4.90 Å². The number of aromatic nitrogens is 3. The molecule has 1 N–H and O–H groups in total. The lowest BCUT2D eigenvalue weighted by molar-refractivity contribution is 0.107. The van der Waals surface area contributed by atoms with E-state index in [1.807, 2.05) is 0 Å². The second kappa shape index (κ2) is 9.93. The van der Waals surface area contributed by atoms with E-state index >= 15 is 4.39 Å². The Hall–Kier alpha value is -4.14. The molecule has 5 atom stereocenters. The fraction of sp³-hybridized carbons (Fsp3) is 0.441. The number of benzene rings is 2. The number of piperazine rings is 1. The van der Waals surface area contributed by atoms with Crippen molar-refractivity contribution in [2.45, 2.75) is 61.9 Å². The molecule has 4 saturated heterocycles.